The van der Waals surface area contributed by atoms with Crippen LogP contribution in [0.25, 0.3) is 0 Å². The van der Waals surface area contributed by atoms with Crippen LogP contribution < -0.4 is 0 Å². The summed E-state index contributed by atoms with van der Waals surface area (Å²) in [5.74, 6) is -1.46. The van der Waals surface area contributed by atoms with Gasteiger partial charge in [-0.2, -0.15) is 9.78 Å². The van der Waals surface area contributed by atoms with Crippen LogP contribution in [0.15, 0.2) is 0 Å². The van der Waals surface area contributed by atoms with Gasteiger partial charge in [-0.05, 0) is 40.5 Å². The van der Waals surface area contributed by atoms with Gasteiger partial charge in [0, 0.05) is 34.6 Å². The molecule has 0 unspecified atom stereocenters. The van der Waals surface area contributed by atoms with Gasteiger partial charge in [-0.1, -0.05) is 13.8 Å². The van der Waals surface area contributed by atoms with Gasteiger partial charge in [-0.25, -0.2) is 9.59 Å². The molecule has 156 valence electrons. The summed E-state index contributed by atoms with van der Waals surface area (Å²) in [5.41, 5.74) is 0. The molecule has 0 saturated heterocycles. The van der Waals surface area contributed by atoms with E-state index >= 15 is 0 Å². The first-order chi connectivity index (χ1) is 12.1. The fraction of sp³-hybridized carbons (Fsp3) is 0.778. The second-order valence-corrected chi connectivity index (χ2v) is 6.13. The molecule has 0 bridgehead atoms. The molecule has 0 rings (SSSR count). The van der Waals surface area contributed by atoms with Crippen molar-refractivity contribution in [3.05, 3.63) is 0 Å². The zero-order valence-electron chi connectivity index (χ0n) is 17.2. The summed E-state index contributed by atoms with van der Waals surface area (Å²) in [6, 6.07) is 0. The Bertz CT molecular complexity index is 395. The Morgan fingerprint density at radius 2 is 0.963 bits per heavy atom. The van der Waals surface area contributed by atoms with Crippen molar-refractivity contribution in [1.29, 1.82) is 0 Å². The van der Waals surface area contributed by atoms with E-state index in [-0.39, 0.29) is 58.3 Å². The van der Waals surface area contributed by atoms with Crippen LogP contribution >= 0.6 is 0 Å². The van der Waals surface area contributed by atoms with E-state index in [1.807, 2.05) is 13.8 Å². The van der Waals surface area contributed by atoms with Crippen molar-refractivity contribution >= 4 is 23.5 Å². The molecule has 0 heterocycles. The molecule has 27 heavy (non-hydrogen) atoms. The summed E-state index contributed by atoms with van der Waals surface area (Å²) in [5, 5.41) is 0. The molecule has 0 aliphatic carbocycles. The molecular weight excluding hydrogens is 392 g/mol. The summed E-state index contributed by atoms with van der Waals surface area (Å²) in [6.07, 6.45) is 1.58. The minimum absolute atomic E-state index is 0. The molecule has 0 amide bonds. The third kappa shape index (κ3) is 24.9. The van der Waals surface area contributed by atoms with E-state index in [1.54, 1.807) is 27.7 Å². The Balaban J connectivity index is -0.000000411. The fourth-order valence-corrected chi connectivity index (χ4v) is 1.42. The topological polar surface area (TPSA) is 105 Å². The quantitative estimate of drug-likeness (QED) is 0.204. The first kappa shape index (κ1) is 30.6. The van der Waals surface area contributed by atoms with E-state index < -0.39 is 11.9 Å². The summed E-state index contributed by atoms with van der Waals surface area (Å²) in [4.78, 5) is 61.5. The molecule has 0 spiro atoms. The SMILES string of the molecule is CCCC(=O)CC(=O)OOC(C)C.CCCC(=O)CC(=O)OOC(C)C.[Ti]. The minimum atomic E-state index is -0.618. The number of ketones is 2. The molecule has 8 nitrogen and oxygen atoms in total. The van der Waals surface area contributed by atoms with E-state index in [4.69, 9.17) is 0 Å². The number of carbonyl (C=O) groups excluding carboxylic acids is 4. The Morgan fingerprint density at radius 1 is 0.667 bits per heavy atom. The third-order valence-electron chi connectivity index (χ3n) is 2.41. The molecule has 0 radical (unpaired) electrons. The fourth-order valence-electron chi connectivity index (χ4n) is 1.42. The number of carbonyl (C=O) groups is 4. The molecule has 9 heteroatoms. The maximum Gasteiger partial charge on any atom is 0.349 e. The number of Topliss-reactive ketones (excluding diaryl/α,β-unsaturated/α-hetero) is 2. The van der Waals surface area contributed by atoms with Crippen LogP contribution in [0.1, 0.15) is 80.1 Å². The van der Waals surface area contributed by atoms with E-state index in [0.717, 1.165) is 12.8 Å². The van der Waals surface area contributed by atoms with E-state index in [2.05, 4.69) is 19.6 Å². The smallest absolute Gasteiger partial charge is 0.299 e. The van der Waals surface area contributed by atoms with Gasteiger partial charge in [-0.3, -0.25) is 19.4 Å². The number of hydrogen-bond acceptors (Lipinski definition) is 8. The zero-order valence-corrected chi connectivity index (χ0v) is 18.7. The van der Waals surface area contributed by atoms with Gasteiger partial charge in [0.15, 0.2) is 0 Å². The summed E-state index contributed by atoms with van der Waals surface area (Å²) in [6.45, 7) is 10.7. The van der Waals surface area contributed by atoms with Crippen LogP contribution in [0, 0.1) is 0 Å². The summed E-state index contributed by atoms with van der Waals surface area (Å²) < 4.78 is 0. The van der Waals surface area contributed by atoms with Crippen LogP contribution in [0.3, 0.4) is 0 Å². The summed E-state index contributed by atoms with van der Waals surface area (Å²) >= 11 is 0. The first-order valence-corrected chi connectivity index (χ1v) is 8.87. The molecule has 0 aromatic rings. The molecule has 0 atom stereocenters. The van der Waals surface area contributed by atoms with E-state index in [0.29, 0.717) is 12.8 Å². The second-order valence-electron chi connectivity index (χ2n) is 6.13. The Hall–Kier alpha value is -1.09. The average molecular weight is 424 g/mol. The molecule has 0 N–H and O–H groups in total. The van der Waals surface area contributed by atoms with Crippen molar-refractivity contribution in [2.75, 3.05) is 0 Å². The molecule has 0 aromatic carbocycles. The van der Waals surface area contributed by atoms with Crippen molar-refractivity contribution < 1.29 is 60.4 Å². The van der Waals surface area contributed by atoms with Gasteiger partial charge in [-0.15, -0.1) is 0 Å². The molecular formula is C18H32O8Ti. The van der Waals surface area contributed by atoms with Crippen LogP contribution in [0.5, 0.6) is 0 Å². The van der Waals surface area contributed by atoms with Crippen molar-refractivity contribution in [2.45, 2.75) is 92.3 Å². The molecule has 0 aliphatic heterocycles. The van der Waals surface area contributed by atoms with Gasteiger partial charge in [0.2, 0.25) is 0 Å². The first-order valence-electron chi connectivity index (χ1n) is 8.87. The Labute approximate surface area is 176 Å². The Morgan fingerprint density at radius 3 is 1.19 bits per heavy atom. The van der Waals surface area contributed by atoms with Gasteiger partial charge in [0.1, 0.15) is 24.4 Å². The number of rotatable bonds is 12. The largest absolute Gasteiger partial charge is 0.349 e. The van der Waals surface area contributed by atoms with Crippen molar-refractivity contribution in [1.82, 2.24) is 0 Å². The maximum absolute atomic E-state index is 10.9. The van der Waals surface area contributed by atoms with E-state index in [1.165, 1.54) is 0 Å². The normalized spacial score (nSPS) is 9.78. The monoisotopic (exact) mass is 424 g/mol. The minimum Gasteiger partial charge on any atom is -0.299 e. The van der Waals surface area contributed by atoms with Crippen molar-refractivity contribution in [2.24, 2.45) is 0 Å². The van der Waals surface area contributed by atoms with Crippen LogP contribution in [-0.2, 0) is 60.4 Å². The van der Waals surface area contributed by atoms with Crippen LogP contribution in [-0.4, -0.2) is 35.7 Å². The number of hydrogen-bond donors (Lipinski definition) is 0. The van der Waals surface area contributed by atoms with Crippen LogP contribution in [0.4, 0.5) is 0 Å². The molecule has 0 fully saturated rings. The second kappa shape index (κ2) is 19.7. The standard InChI is InChI=1S/2C9H16O4.Ti/c2*1-4-5-8(10)6-9(11)13-12-7(2)3;/h2*7H,4-6H2,1-3H3;. The van der Waals surface area contributed by atoms with Crippen LogP contribution in [0.2, 0.25) is 0 Å². The van der Waals surface area contributed by atoms with Gasteiger partial charge in [0.05, 0.1) is 12.2 Å². The molecule has 0 saturated carbocycles. The average Bonchev–Trinajstić information content (AvgIpc) is 2.52. The molecule has 0 aromatic heterocycles. The maximum atomic E-state index is 10.9. The Kier molecular flexibility index (Phi) is 22.3. The van der Waals surface area contributed by atoms with E-state index in [9.17, 15) is 19.2 Å². The predicted octanol–water partition coefficient (Wildman–Crippen LogP) is 3.26. The van der Waals surface area contributed by atoms with Crippen molar-refractivity contribution in [3.63, 3.8) is 0 Å². The van der Waals surface area contributed by atoms with Gasteiger partial charge >= 0.3 is 11.9 Å². The van der Waals surface area contributed by atoms with Gasteiger partial charge < -0.3 is 0 Å². The third-order valence-corrected chi connectivity index (χ3v) is 2.41. The summed E-state index contributed by atoms with van der Waals surface area (Å²) in [7, 11) is 0. The van der Waals surface area contributed by atoms with Gasteiger partial charge in [0.25, 0.3) is 0 Å². The molecule has 0 aliphatic rings. The van der Waals surface area contributed by atoms with Crippen molar-refractivity contribution in [3.8, 4) is 0 Å². The zero-order chi connectivity index (χ0) is 20.5. The predicted molar refractivity (Wildman–Crippen MR) is 93.7 cm³/mol.